The third-order valence-corrected chi connectivity index (χ3v) is 10.9. The molecule has 0 spiro atoms. The van der Waals surface area contributed by atoms with Crippen LogP contribution in [0.1, 0.15) is 60.4 Å². The van der Waals surface area contributed by atoms with Gasteiger partial charge in [0, 0.05) is 26.0 Å². The Bertz CT molecular complexity index is 2100. The molecule has 4 aromatic carbocycles. The van der Waals surface area contributed by atoms with E-state index in [1.165, 1.54) is 30.2 Å². The molecule has 0 saturated carbocycles. The molecule has 0 radical (unpaired) electrons. The molecule has 1 unspecified atom stereocenters. The first-order valence-electron chi connectivity index (χ1n) is 16.3. The first kappa shape index (κ1) is 35.7. The van der Waals surface area contributed by atoms with Crippen molar-refractivity contribution < 1.29 is 23.9 Å². The molecule has 1 aliphatic rings. The average molecular weight is 736 g/mol. The van der Waals surface area contributed by atoms with E-state index in [1.54, 1.807) is 78.9 Å². The number of amides is 3. The highest BCUT2D eigenvalue weighted by Crippen LogP contribution is 2.41. The van der Waals surface area contributed by atoms with E-state index in [0.29, 0.717) is 37.3 Å². The lowest BCUT2D eigenvalue weighted by Crippen LogP contribution is -2.30. The van der Waals surface area contributed by atoms with E-state index >= 15 is 0 Å². The van der Waals surface area contributed by atoms with E-state index < -0.39 is 23.0 Å². The van der Waals surface area contributed by atoms with Crippen LogP contribution >= 0.6 is 34.7 Å². The molecule has 8 nitrogen and oxygen atoms in total. The van der Waals surface area contributed by atoms with Gasteiger partial charge in [0.25, 0.3) is 11.8 Å². The van der Waals surface area contributed by atoms with Crippen LogP contribution in [0.3, 0.4) is 0 Å². The minimum Gasteiger partial charge on any atom is -0.465 e. The number of rotatable bonds is 11. The summed E-state index contributed by atoms with van der Waals surface area (Å²) in [5.41, 5.74) is 3.67. The SMILES string of the molecule is COC(=O)c1c(NC(=O)C(Sc2cccc(NC(=O)/C(=C/c3cccc(Cl)c3)NC(=O)c3ccccc3)c2)c2ccccc2)sc2c1CCCC2. The number of thiophene rings is 1. The molecule has 0 bridgehead atoms. The lowest BCUT2D eigenvalue weighted by molar-refractivity contribution is -0.116. The maximum Gasteiger partial charge on any atom is 0.341 e. The third kappa shape index (κ3) is 8.96. The highest BCUT2D eigenvalue weighted by atomic mass is 35.5. The number of aryl methyl sites for hydroxylation is 1. The highest BCUT2D eigenvalue weighted by Gasteiger charge is 2.30. The molecule has 5 aromatic rings. The lowest BCUT2D eigenvalue weighted by atomic mass is 9.95. The van der Waals surface area contributed by atoms with Crippen molar-refractivity contribution in [3.8, 4) is 0 Å². The van der Waals surface area contributed by atoms with Gasteiger partial charge < -0.3 is 20.7 Å². The van der Waals surface area contributed by atoms with Crippen LogP contribution in [0.4, 0.5) is 10.7 Å². The summed E-state index contributed by atoms with van der Waals surface area (Å²) >= 11 is 8.94. The molecule has 258 valence electrons. The van der Waals surface area contributed by atoms with E-state index in [1.807, 2.05) is 36.4 Å². The number of carbonyl (C=O) groups excluding carboxylic acids is 4. The quantitative estimate of drug-likeness (QED) is 0.0709. The van der Waals surface area contributed by atoms with Gasteiger partial charge in [-0.1, -0.05) is 78.3 Å². The fourth-order valence-corrected chi connectivity index (χ4v) is 8.30. The maximum atomic E-state index is 14.1. The normalized spacial score (nSPS) is 13.0. The summed E-state index contributed by atoms with van der Waals surface area (Å²) in [7, 11) is 1.35. The Balaban J connectivity index is 1.25. The highest BCUT2D eigenvalue weighted by molar-refractivity contribution is 8.00. The first-order chi connectivity index (χ1) is 24.8. The summed E-state index contributed by atoms with van der Waals surface area (Å²) in [4.78, 5) is 55.5. The minimum atomic E-state index is -0.690. The molecule has 1 atom stereocenters. The van der Waals surface area contributed by atoms with Crippen molar-refractivity contribution in [2.24, 2.45) is 0 Å². The van der Waals surface area contributed by atoms with Crippen LogP contribution in [0, 0.1) is 0 Å². The van der Waals surface area contributed by atoms with Crippen molar-refractivity contribution in [1.29, 1.82) is 0 Å². The van der Waals surface area contributed by atoms with Crippen LogP contribution in [0.15, 0.2) is 120 Å². The van der Waals surface area contributed by atoms with Crippen LogP contribution < -0.4 is 16.0 Å². The molecule has 3 amide bonds. The zero-order chi connectivity index (χ0) is 35.7. The Labute approximate surface area is 309 Å². The van der Waals surface area contributed by atoms with Gasteiger partial charge in [-0.3, -0.25) is 14.4 Å². The fraction of sp³-hybridized carbons (Fsp3) is 0.150. The number of hydrogen-bond donors (Lipinski definition) is 3. The fourth-order valence-electron chi connectivity index (χ4n) is 5.74. The number of carbonyl (C=O) groups is 4. The number of hydrogen-bond acceptors (Lipinski definition) is 7. The molecular weight excluding hydrogens is 702 g/mol. The molecular formula is C40H34ClN3O5S2. The number of fused-ring (bicyclic) bond motifs is 1. The molecule has 11 heteroatoms. The average Bonchev–Trinajstić information content (AvgIpc) is 3.51. The minimum absolute atomic E-state index is 0.0192. The number of nitrogens with one attached hydrogen (secondary N) is 3. The van der Waals surface area contributed by atoms with E-state index in [-0.39, 0.29) is 11.6 Å². The van der Waals surface area contributed by atoms with Gasteiger partial charge in [-0.2, -0.15) is 0 Å². The second-order valence-electron chi connectivity index (χ2n) is 11.7. The number of thioether (sulfide) groups is 1. The van der Waals surface area contributed by atoms with Gasteiger partial charge in [0.1, 0.15) is 15.9 Å². The Hall–Kier alpha value is -5.16. The maximum absolute atomic E-state index is 14.1. The van der Waals surface area contributed by atoms with Gasteiger partial charge in [0.2, 0.25) is 5.91 Å². The number of methoxy groups -OCH3 is 1. The molecule has 51 heavy (non-hydrogen) atoms. The van der Waals surface area contributed by atoms with Crippen LogP contribution in [-0.4, -0.2) is 30.8 Å². The summed E-state index contributed by atoms with van der Waals surface area (Å²) in [6.45, 7) is 0. The van der Waals surface area contributed by atoms with Gasteiger partial charge in [-0.15, -0.1) is 23.1 Å². The molecule has 1 heterocycles. The Morgan fingerprint density at radius 1 is 0.843 bits per heavy atom. The van der Waals surface area contributed by atoms with Crippen molar-refractivity contribution in [3.63, 3.8) is 0 Å². The molecule has 0 fully saturated rings. The summed E-state index contributed by atoms with van der Waals surface area (Å²) < 4.78 is 5.11. The number of esters is 1. The Morgan fingerprint density at radius 3 is 2.31 bits per heavy atom. The standard InChI is InChI=1S/C40H34ClN3O5S2/c1-49-40(48)34-31-20-8-9-21-33(31)51-39(34)44-38(47)35(26-13-4-2-5-14-26)50-30-19-11-18-29(24-30)42-37(46)32(23-25-12-10-17-28(41)22-25)43-36(45)27-15-6-3-7-16-27/h2-7,10-19,22-24,35H,8-9,20-21H2,1H3,(H,42,46)(H,43,45)(H,44,47)/b32-23-. The van der Waals surface area contributed by atoms with Crippen LogP contribution in [0.25, 0.3) is 6.08 Å². The number of ether oxygens (including phenoxy) is 1. The van der Waals surface area contributed by atoms with Gasteiger partial charge >= 0.3 is 5.97 Å². The number of benzene rings is 4. The second kappa shape index (κ2) is 16.7. The molecule has 1 aromatic heterocycles. The van der Waals surface area contributed by atoms with Crippen LogP contribution in [-0.2, 0) is 27.2 Å². The van der Waals surface area contributed by atoms with Crippen molar-refractivity contribution in [3.05, 3.63) is 153 Å². The summed E-state index contributed by atoms with van der Waals surface area (Å²) in [5, 5.41) is 8.98. The second-order valence-corrected chi connectivity index (χ2v) is 14.4. The first-order valence-corrected chi connectivity index (χ1v) is 18.4. The smallest absolute Gasteiger partial charge is 0.341 e. The summed E-state index contributed by atoms with van der Waals surface area (Å²) in [6, 6.07) is 32.1. The van der Waals surface area contributed by atoms with E-state index in [0.717, 1.165) is 41.7 Å². The van der Waals surface area contributed by atoms with Crippen LogP contribution in [0.2, 0.25) is 5.02 Å². The molecule has 0 aliphatic heterocycles. The predicted molar refractivity (Wildman–Crippen MR) is 204 cm³/mol. The van der Waals surface area contributed by atoms with Gasteiger partial charge in [0.15, 0.2) is 0 Å². The monoisotopic (exact) mass is 735 g/mol. The van der Waals surface area contributed by atoms with Gasteiger partial charge in [-0.25, -0.2) is 4.79 Å². The summed E-state index contributed by atoms with van der Waals surface area (Å²) in [5.74, 6) is -1.74. The van der Waals surface area contributed by atoms with Crippen molar-refractivity contribution in [1.82, 2.24) is 5.32 Å². The molecule has 1 aliphatic carbocycles. The number of halogens is 1. The molecule has 6 rings (SSSR count). The van der Waals surface area contributed by atoms with Gasteiger partial charge in [0.05, 0.1) is 12.7 Å². The third-order valence-electron chi connectivity index (χ3n) is 8.17. The Kier molecular flexibility index (Phi) is 11.7. The van der Waals surface area contributed by atoms with Crippen molar-refractivity contribution in [2.45, 2.75) is 35.8 Å². The summed E-state index contributed by atoms with van der Waals surface area (Å²) in [6.07, 6.45) is 5.21. The zero-order valence-electron chi connectivity index (χ0n) is 27.6. The largest absolute Gasteiger partial charge is 0.465 e. The van der Waals surface area contributed by atoms with E-state index in [9.17, 15) is 19.2 Å². The number of anilines is 2. The molecule has 3 N–H and O–H groups in total. The van der Waals surface area contributed by atoms with Crippen molar-refractivity contribution in [2.75, 3.05) is 17.7 Å². The van der Waals surface area contributed by atoms with E-state index in [4.69, 9.17) is 16.3 Å². The zero-order valence-corrected chi connectivity index (χ0v) is 30.0. The van der Waals surface area contributed by atoms with Crippen molar-refractivity contribution >= 4 is 75.2 Å². The van der Waals surface area contributed by atoms with E-state index in [2.05, 4.69) is 16.0 Å². The topological polar surface area (TPSA) is 114 Å². The molecule has 0 saturated heterocycles. The lowest BCUT2D eigenvalue weighted by Gasteiger charge is -2.18. The Morgan fingerprint density at radius 2 is 1.57 bits per heavy atom. The predicted octanol–water partition coefficient (Wildman–Crippen LogP) is 8.95. The van der Waals surface area contributed by atoms with Gasteiger partial charge in [-0.05, 0) is 90.9 Å². The van der Waals surface area contributed by atoms with Crippen LogP contribution in [0.5, 0.6) is 0 Å².